The maximum Gasteiger partial charge on any atom is 0.00961 e. The lowest BCUT2D eigenvalue weighted by atomic mass is 9.79. The van der Waals surface area contributed by atoms with E-state index in [1.807, 2.05) is 0 Å². The summed E-state index contributed by atoms with van der Waals surface area (Å²) in [6.45, 7) is 9.43. The van der Waals surface area contributed by atoms with E-state index < -0.39 is 0 Å². The summed E-state index contributed by atoms with van der Waals surface area (Å²) >= 11 is 0. The molecular weight excluding hydrogens is 244 g/mol. The Kier molecular flexibility index (Phi) is 3.58. The van der Waals surface area contributed by atoms with Gasteiger partial charge in [-0.2, -0.15) is 0 Å². The van der Waals surface area contributed by atoms with Crippen molar-refractivity contribution in [2.24, 2.45) is 17.3 Å². The second kappa shape index (κ2) is 5.28. The van der Waals surface area contributed by atoms with Gasteiger partial charge in [0.1, 0.15) is 0 Å². The molecule has 114 valence electrons. The highest BCUT2D eigenvalue weighted by Gasteiger charge is 2.57. The van der Waals surface area contributed by atoms with Crippen molar-refractivity contribution >= 4 is 0 Å². The van der Waals surface area contributed by atoms with Crippen LogP contribution < -0.4 is 0 Å². The van der Waals surface area contributed by atoms with Crippen molar-refractivity contribution in [3.05, 3.63) is 0 Å². The van der Waals surface area contributed by atoms with E-state index in [9.17, 15) is 0 Å². The summed E-state index contributed by atoms with van der Waals surface area (Å²) in [6, 6.07) is 0.846. The summed E-state index contributed by atoms with van der Waals surface area (Å²) in [5.41, 5.74) is 0.875. The number of nitrogens with zero attached hydrogens (tertiary/aromatic N) is 2. The monoisotopic (exact) mass is 276 g/mol. The van der Waals surface area contributed by atoms with Crippen LogP contribution in [0, 0.1) is 17.3 Å². The maximum atomic E-state index is 2.80. The molecule has 2 heterocycles. The first-order valence-corrected chi connectivity index (χ1v) is 9.23. The van der Waals surface area contributed by atoms with Crippen LogP contribution in [0.15, 0.2) is 0 Å². The highest BCUT2D eigenvalue weighted by molar-refractivity contribution is 5.08. The molecule has 2 saturated carbocycles. The van der Waals surface area contributed by atoms with Crippen LogP contribution in [0.1, 0.15) is 58.3 Å². The van der Waals surface area contributed by atoms with Crippen LogP contribution in [0.25, 0.3) is 0 Å². The Morgan fingerprint density at radius 3 is 2.25 bits per heavy atom. The molecule has 2 nitrogen and oxygen atoms in total. The van der Waals surface area contributed by atoms with E-state index in [1.165, 1.54) is 64.8 Å². The topological polar surface area (TPSA) is 6.48 Å². The van der Waals surface area contributed by atoms with Crippen LogP contribution in [0.4, 0.5) is 0 Å². The van der Waals surface area contributed by atoms with Gasteiger partial charge in [0.05, 0.1) is 0 Å². The molecule has 2 aliphatic heterocycles. The van der Waals surface area contributed by atoms with E-state index in [4.69, 9.17) is 0 Å². The maximum absolute atomic E-state index is 2.80. The number of rotatable bonds is 4. The predicted molar refractivity (Wildman–Crippen MR) is 83.8 cm³/mol. The van der Waals surface area contributed by atoms with Gasteiger partial charge in [-0.15, -0.1) is 0 Å². The normalized spacial score (nSPS) is 36.1. The first-order valence-electron chi connectivity index (χ1n) is 9.23. The summed E-state index contributed by atoms with van der Waals surface area (Å²) in [7, 11) is 0. The number of hydrogen-bond donors (Lipinski definition) is 0. The molecule has 0 radical (unpaired) electrons. The second-order valence-electron chi connectivity index (χ2n) is 8.24. The van der Waals surface area contributed by atoms with Crippen molar-refractivity contribution in [3.63, 3.8) is 0 Å². The first-order chi connectivity index (χ1) is 9.77. The van der Waals surface area contributed by atoms with Crippen LogP contribution in [-0.4, -0.2) is 48.6 Å². The van der Waals surface area contributed by atoms with Crippen LogP contribution >= 0.6 is 0 Å². The van der Waals surface area contributed by atoms with Gasteiger partial charge in [0.25, 0.3) is 0 Å². The van der Waals surface area contributed by atoms with Gasteiger partial charge in [-0.25, -0.2) is 0 Å². The molecule has 0 aromatic heterocycles. The van der Waals surface area contributed by atoms with Crippen molar-refractivity contribution < 1.29 is 0 Å². The van der Waals surface area contributed by atoms with Crippen molar-refractivity contribution in [1.29, 1.82) is 0 Å². The SMILES string of the molecule is C[C@@H](C1CCN(C[C@H]2CC23CCC3)CC1)N1CCCC1. The Balaban J connectivity index is 1.22. The molecule has 2 heteroatoms. The van der Waals surface area contributed by atoms with E-state index in [2.05, 4.69) is 16.7 Å². The third-order valence-corrected chi connectivity index (χ3v) is 7.22. The van der Waals surface area contributed by atoms with E-state index in [-0.39, 0.29) is 0 Å². The van der Waals surface area contributed by atoms with Crippen molar-refractivity contribution in [2.45, 2.75) is 64.3 Å². The molecule has 0 N–H and O–H groups in total. The number of hydrogen-bond acceptors (Lipinski definition) is 2. The van der Waals surface area contributed by atoms with E-state index in [0.29, 0.717) is 0 Å². The average Bonchev–Trinajstić information content (AvgIpc) is 2.92. The third kappa shape index (κ3) is 2.43. The van der Waals surface area contributed by atoms with E-state index in [1.54, 1.807) is 19.3 Å². The summed E-state index contributed by atoms with van der Waals surface area (Å²) in [4.78, 5) is 5.55. The zero-order valence-electron chi connectivity index (χ0n) is 13.3. The zero-order valence-corrected chi connectivity index (χ0v) is 13.3. The van der Waals surface area contributed by atoms with Crippen LogP contribution in [0.2, 0.25) is 0 Å². The van der Waals surface area contributed by atoms with Crippen molar-refractivity contribution in [1.82, 2.24) is 9.80 Å². The minimum atomic E-state index is 0.846. The Hall–Kier alpha value is -0.0800. The largest absolute Gasteiger partial charge is 0.303 e. The lowest BCUT2D eigenvalue weighted by molar-refractivity contribution is 0.102. The molecule has 4 aliphatic rings. The predicted octanol–water partition coefficient (Wildman–Crippen LogP) is 3.37. The lowest BCUT2D eigenvalue weighted by Crippen LogP contribution is -2.43. The first kappa shape index (κ1) is 13.6. The van der Waals surface area contributed by atoms with Gasteiger partial charge in [0.15, 0.2) is 0 Å². The Morgan fingerprint density at radius 1 is 1.00 bits per heavy atom. The molecule has 0 aromatic carbocycles. The number of piperidine rings is 1. The Labute approximate surface area is 124 Å². The van der Waals surface area contributed by atoms with Gasteiger partial charge < -0.3 is 9.80 Å². The average molecular weight is 276 g/mol. The summed E-state index contributed by atoms with van der Waals surface area (Å²) in [5.74, 6) is 2.06. The minimum Gasteiger partial charge on any atom is -0.303 e. The van der Waals surface area contributed by atoms with Crippen molar-refractivity contribution in [2.75, 3.05) is 32.7 Å². The fourth-order valence-corrected chi connectivity index (χ4v) is 5.31. The Bertz CT molecular complexity index is 335. The molecule has 4 fully saturated rings. The van der Waals surface area contributed by atoms with Crippen molar-refractivity contribution in [3.8, 4) is 0 Å². The molecule has 0 amide bonds. The molecule has 20 heavy (non-hydrogen) atoms. The highest BCUT2D eigenvalue weighted by atomic mass is 15.2. The van der Waals surface area contributed by atoms with Gasteiger partial charge in [0, 0.05) is 12.6 Å². The van der Waals surface area contributed by atoms with Gasteiger partial charge in [-0.1, -0.05) is 6.42 Å². The molecular formula is C18H32N2. The van der Waals surface area contributed by atoms with Crippen LogP contribution in [-0.2, 0) is 0 Å². The summed E-state index contributed by atoms with van der Waals surface area (Å²) in [6.07, 6.45) is 12.0. The quantitative estimate of drug-likeness (QED) is 0.777. The molecule has 2 atom stereocenters. The smallest absolute Gasteiger partial charge is 0.00961 e. The molecule has 0 bridgehead atoms. The Morgan fingerprint density at radius 2 is 1.70 bits per heavy atom. The van der Waals surface area contributed by atoms with Gasteiger partial charge in [-0.3, -0.25) is 0 Å². The standard InChI is InChI=1S/C18H32N2/c1-15(20-9-2-3-10-20)16-5-11-19(12-6-16)14-17-13-18(17)7-4-8-18/h15-17H,2-14H2,1H3/t15-,17+/m0/s1. The van der Waals surface area contributed by atoms with Crippen LogP contribution in [0.3, 0.4) is 0 Å². The molecule has 2 aliphatic carbocycles. The third-order valence-electron chi connectivity index (χ3n) is 7.22. The highest BCUT2D eigenvalue weighted by Crippen LogP contribution is 2.65. The van der Waals surface area contributed by atoms with E-state index in [0.717, 1.165) is 23.3 Å². The minimum absolute atomic E-state index is 0.846. The summed E-state index contributed by atoms with van der Waals surface area (Å²) in [5, 5.41) is 0. The van der Waals surface area contributed by atoms with Crippen LogP contribution in [0.5, 0.6) is 0 Å². The fraction of sp³-hybridized carbons (Fsp3) is 1.00. The molecule has 0 aromatic rings. The zero-order chi connectivity index (χ0) is 13.6. The van der Waals surface area contributed by atoms with E-state index >= 15 is 0 Å². The van der Waals surface area contributed by atoms with Gasteiger partial charge in [0.2, 0.25) is 0 Å². The number of likely N-dealkylation sites (tertiary alicyclic amines) is 2. The lowest BCUT2D eigenvalue weighted by Gasteiger charge is -2.39. The molecule has 2 saturated heterocycles. The molecule has 0 unspecified atom stereocenters. The summed E-state index contributed by atoms with van der Waals surface area (Å²) < 4.78 is 0. The second-order valence-corrected chi connectivity index (χ2v) is 8.24. The fourth-order valence-electron chi connectivity index (χ4n) is 5.31. The van der Waals surface area contributed by atoms with Gasteiger partial charge in [-0.05, 0) is 95.3 Å². The molecule has 1 spiro atoms. The molecule has 4 rings (SSSR count). The van der Waals surface area contributed by atoms with Gasteiger partial charge >= 0.3 is 0 Å².